The van der Waals surface area contributed by atoms with Crippen LogP contribution < -0.4 is 20.1 Å². The van der Waals surface area contributed by atoms with Gasteiger partial charge >= 0.3 is 13.7 Å². The Bertz CT molecular complexity index is 2120. The van der Waals surface area contributed by atoms with E-state index in [4.69, 9.17) is 29.0 Å². The first-order valence-electron chi connectivity index (χ1n) is 16.3. The van der Waals surface area contributed by atoms with E-state index in [0.717, 1.165) is 5.39 Å². The zero-order valence-corrected chi connectivity index (χ0v) is 32.1. The van der Waals surface area contributed by atoms with E-state index < -0.39 is 50.4 Å². The summed E-state index contributed by atoms with van der Waals surface area (Å²) in [5.41, 5.74) is 4.55. The predicted octanol–water partition coefficient (Wildman–Crippen LogP) is 5.31. The third-order valence-corrected chi connectivity index (χ3v) is 10.6. The molecule has 1 aliphatic heterocycles. The second-order valence-corrected chi connectivity index (χ2v) is 16.4. The lowest BCUT2D eigenvalue weighted by molar-refractivity contribution is -0.148. The van der Waals surface area contributed by atoms with Gasteiger partial charge < -0.3 is 34.7 Å². The summed E-state index contributed by atoms with van der Waals surface area (Å²) in [5, 5.41) is 27.4. The number of nitrogen functional groups attached to an aromatic ring is 1. The Kier molecular flexibility index (Phi) is 10.8. The van der Waals surface area contributed by atoms with Crippen LogP contribution in [0.25, 0.3) is 21.9 Å². The minimum atomic E-state index is -4.55. The smallest absolute Gasteiger partial charge is 0.459 e. The van der Waals surface area contributed by atoms with Gasteiger partial charge in [0.1, 0.15) is 29.6 Å². The van der Waals surface area contributed by atoms with Gasteiger partial charge in [-0.2, -0.15) is 15.1 Å². The van der Waals surface area contributed by atoms with E-state index in [1.165, 1.54) is 18.6 Å². The first-order valence-corrected chi connectivity index (χ1v) is 18.9. The Labute approximate surface area is 313 Å². The fraction of sp³-hybridized carbons (Fsp3) is 0.371. The van der Waals surface area contributed by atoms with Gasteiger partial charge in [0.15, 0.2) is 21.2 Å². The Balaban J connectivity index is 1.34. The molecule has 0 spiro atoms. The van der Waals surface area contributed by atoms with Crippen molar-refractivity contribution in [2.24, 2.45) is 5.41 Å². The quantitative estimate of drug-likeness (QED) is 0.0545. The van der Waals surface area contributed by atoms with Crippen molar-refractivity contribution >= 4 is 64.2 Å². The minimum Gasteiger partial charge on any atom is -0.479 e. The monoisotopic (exact) mass is 846 g/mol. The van der Waals surface area contributed by atoms with E-state index in [1.807, 2.05) is 67.6 Å². The van der Waals surface area contributed by atoms with Gasteiger partial charge in [0.05, 0.1) is 20.3 Å². The normalized spacial score (nSPS) is 22.3. The zero-order chi connectivity index (χ0) is 37.4. The van der Waals surface area contributed by atoms with E-state index >= 15 is 0 Å². The number of nitrogens with zero attached hydrogens (tertiary/aromatic N) is 4. The number of fused-ring (bicyclic) bond motifs is 2. The van der Waals surface area contributed by atoms with Crippen molar-refractivity contribution < 1.29 is 42.8 Å². The maximum Gasteiger partial charge on any atom is 0.459 e. The molecule has 276 valence electrons. The number of ether oxygens (including phenoxy) is 3. The maximum atomic E-state index is 15.0. The number of rotatable bonds is 12. The van der Waals surface area contributed by atoms with Gasteiger partial charge in [-0.3, -0.25) is 9.09 Å². The molecule has 3 aromatic carbocycles. The highest BCUT2D eigenvalue weighted by molar-refractivity contribution is 14.1. The van der Waals surface area contributed by atoms with Crippen molar-refractivity contribution in [1.29, 1.82) is 0 Å². The van der Waals surface area contributed by atoms with Crippen LogP contribution in [0.15, 0.2) is 72.8 Å². The van der Waals surface area contributed by atoms with Crippen molar-refractivity contribution in [2.75, 3.05) is 26.1 Å². The highest BCUT2D eigenvalue weighted by Crippen LogP contribution is 2.50. The molecule has 1 fully saturated rings. The van der Waals surface area contributed by atoms with E-state index in [1.54, 1.807) is 48.5 Å². The van der Waals surface area contributed by atoms with E-state index in [2.05, 4.69) is 20.0 Å². The molecule has 0 radical (unpaired) electrons. The van der Waals surface area contributed by atoms with Gasteiger partial charge in [0.2, 0.25) is 11.8 Å². The fourth-order valence-corrected chi connectivity index (χ4v) is 7.98. The number of aliphatic hydroxyl groups excluding tert-OH is 1. The number of halogens is 1. The number of esters is 1. The molecule has 0 bridgehead atoms. The Hall–Kier alpha value is -3.90. The molecule has 5 aromatic rings. The predicted molar refractivity (Wildman–Crippen MR) is 200 cm³/mol. The van der Waals surface area contributed by atoms with Crippen LogP contribution in [-0.4, -0.2) is 73.8 Å². The molecule has 5 N–H and O–H groups in total. The lowest BCUT2D eigenvalue weighted by atomic mass is 9.96. The molecular formula is C35H40IN6O9P. The third-order valence-electron chi connectivity index (χ3n) is 8.34. The third kappa shape index (κ3) is 7.88. The summed E-state index contributed by atoms with van der Waals surface area (Å²) in [5.74, 6) is -0.479. The molecule has 1 saturated heterocycles. The molecule has 3 heterocycles. The molecule has 1 aliphatic rings. The maximum absolute atomic E-state index is 15.0. The zero-order valence-electron chi connectivity index (χ0n) is 29.1. The molecule has 52 heavy (non-hydrogen) atoms. The number of aliphatic hydroxyl groups is 2. The van der Waals surface area contributed by atoms with E-state index in [9.17, 15) is 19.6 Å². The van der Waals surface area contributed by atoms with Gasteiger partial charge in [-0.05, 0) is 29.4 Å². The Morgan fingerprint density at radius 1 is 1.10 bits per heavy atom. The van der Waals surface area contributed by atoms with Gasteiger partial charge in [-0.15, -0.1) is 0 Å². The van der Waals surface area contributed by atoms with Crippen molar-refractivity contribution in [3.8, 4) is 11.6 Å². The van der Waals surface area contributed by atoms with Crippen LogP contribution in [0.2, 0.25) is 0 Å². The summed E-state index contributed by atoms with van der Waals surface area (Å²) < 4.78 is 46.2. The summed E-state index contributed by atoms with van der Waals surface area (Å²) in [6.45, 7) is 6.69. The molecule has 6 atom stereocenters. The molecule has 2 unspecified atom stereocenters. The number of nitrogens with one attached hydrogen (secondary N) is 1. The highest BCUT2D eigenvalue weighted by Gasteiger charge is 2.55. The number of methoxy groups -OCH3 is 1. The number of carbonyl (C=O) groups excluding carboxylic acids is 1. The van der Waals surface area contributed by atoms with Gasteiger partial charge in [0.25, 0.3) is 0 Å². The molecule has 0 aliphatic carbocycles. The summed E-state index contributed by atoms with van der Waals surface area (Å²) >= 11 is 1.93. The number of anilines is 1. The van der Waals surface area contributed by atoms with Crippen molar-refractivity contribution in [3.05, 3.63) is 82.2 Å². The van der Waals surface area contributed by atoms with Crippen LogP contribution in [-0.2, 0) is 23.4 Å². The summed E-state index contributed by atoms with van der Waals surface area (Å²) in [4.78, 5) is 26.5. The standard InChI is InChI=1S/C35H40IN6O9P/c1-34(2,3)19-48-30(44)25(21-13-7-6-8-14-21)41-52(46,51-23-17-11-15-20-12-9-10-16-22(20)23)49-18-24-27(43)35(4,45)31(50-24)42-28-26(38-32(42)36)29(47-5)40-33(37)39-28/h6-17,24-25,27,31,43,45H,18-19H2,1-5H3,(H,41,46)(H2,37,39,40)/t24-,25+,27-,31?,35-,52?/m1/s1. The van der Waals surface area contributed by atoms with Crippen LogP contribution in [0.3, 0.4) is 0 Å². The molecular weight excluding hydrogens is 806 g/mol. The Morgan fingerprint density at radius 3 is 2.50 bits per heavy atom. The molecule has 15 nitrogen and oxygen atoms in total. The van der Waals surface area contributed by atoms with Crippen molar-refractivity contribution in [3.63, 3.8) is 0 Å². The number of carbonyl (C=O) groups is 1. The molecule has 17 heteroatoms. The second kappa shape index (κ2) is 14.9. The van der Waals surface area contributed by atoms with Crippen molar-refractivity contribution in [1.82, 2.24) is 24.6 Å². The van der Waals surface area contributed by atoms with Gasteiger partial charge in [0, 0.05) is 28.0 Å². The number of imidazole rings is 1. The molecule has 6 rings (SSSR count). The average Bonchev–Trinajstić information content (AvgIpc) is 3.55. The largest absolute Gasteiger partial charge is 0.479 e. The van der Waals surface area contributed by atoms with Gasteiger partial charge in [-0.25, -0.2) is 14.3 Å². The Morgan fingerprint density at radius 2 is 1.79 bits per heavy atom. The number of aromatic nitrogens is 4. The number of benzene rings is 3. The molecule has 0 amide bonds. The highest BCUT2D eigenvalue weighted by atomic mass is 127. The van der Waals surface area contributed by atoms with Crippen LogP contribution in [0.4, 0.5) is 5.95 Å². The number of hydrogen-bond acceptors (Lipinski definition) is 13. The fourth-order valence-electron chi connectivity index (χ4n) is 5.75. The lowest BCUT2D eigenvalue weighted by Crippen LogP contribution is -2.44. The lowest BCUT2D eigenvalue weighted by Gasteiger charge is -2.28. The number of hydrogen-bond donors (Lipinski definition) is 4. The molecule has 2 aromatic heterocycles. The second-order valence-electron chi connectivity index (χ2n) is 13.7. The average molecular weight is 847 g/mol. The first kappa shape index (κ1) is 37.8. The van der Waals surface area contributed by atoms with Crippen molar-refractivity contribution in [2.45, 2.75) is 57.8 Å². The van der Waals surface area contributed by atoms with E-state index in [0.29, 0.717) is 14.8 Å². The van der Waals surface area contributed by atoms with Crippen LogP contribution in [0.1, 0.15) is 45.5 Å². The topological polar surface area (TPSA) is 202 Å². The first-order chi connectivity index (χ1) is 24.6. The summed E-state index contributed by atoms with van der Waals surface area (Å²) in [6.07, 6.45) is -4.09. The van der Waals surface area contributed by atoms with Crippen LogP contribution in [0.5, 0.6) is 11.6 Å². The summed E-state index contributed by atoms with van der Waals surface area (Å²) in [7, 11) is -3.14. The van der Waals surface area contributed by atoms with E-state index in [-0.39, 0.29) is 40.8 Å². The minimum absolute atomic E-state index is 0.0922. The summed E-state index contributed by atoms with van der Waals surface area (Å²) in [6, 6.07) is 19.9. The SMILES string of the molecule is COc1nc(N)nc2c1nc(I)n2C1O[C@H](COP(=O)(N[C@H](C(=O)OCC(C)(C)C)c2ccccc2)Oc2cccc3ccccc23)[C@@H](O)[C@@]1(C)O. The molecule has 0 saturated carbocycles. The number of nitrogens with two attached hydrogens (primary N) is 1. The van der Waals surface area contributed by atoms with Gasteiger partial charge in [-0.1, -0.05) is 87.5 Å². The van der Waals surface area contributed by atoms with Crippen LogP contribution in [0, 0.1) is 9.25 Å². The van der Waals surface area contributed by atoms with Crippen LogP contribution >= 0.6 is 30.3 Å².